The molecule has 0 saturated carbocycles. The highest BCUT2D eigenvalue weighted by Gasteiger charge is 2.13. The fourth-order valence-corrected chi connectivity index (χ4v) is 1.74. The number of carbonyl (C=O) groups excluding carboxylic acids is 1. The van der Waals surface area contributed by atoms with Gasteiger partial charge in [-0.25, -0.2) is 0 Å². The van der Waals surface area contributed by atoms with Gasteiger partial charge >= 0.3 is 5.97 Å². The van der Waals surface area contributed by atoms with Gasteiger partial charge in [0.2, 0.25) is 0 Å². The zero-order chi connectivity index (χ0) is 13.5. The summed E-state index contributed by atoms with van der Waals surface area (Å²) in [5.41, 5.74) is 1.91. The first-order chi connectivity index (χ1) is 8.49. The standard InChI is InChI=1S/C15H20O3/c1-11(9-14-7-5-4-6-8-14)15(17)10-12(2)18-13(3)16/h4-9,12,15,17H,10H2,1-3H3/b11-9+/t12-,15+/m1/s1. The molecule has 3 heteroatoms. The number of rotatable bonds is 5. The Labute approximate surface area is 108 Å². The van der Waals surface area contributed by atoms with Crippen LogP contribution in [0.15, 0.2) is 35.9 Å². The molecule has 18 heavy (non-hydrogen) atoms. The minimum absolute atomic E-state index is 0.281. The third-order valence-corrected chi connectivity index (χ3v) is 2.64. The molecule has 2 atom stereocenters. The highest BCUT2D eigenvalue weighted by atomic mass is 16.5. The highest BCUT2D eigenvalue weighted by molar-refractivity contribution is 5.66. The summed E-state index contributed by atoms with van der Waals surface area (Å²) in [5, 5.41) is 10.0. The van der Waals surface area contributed by atoms with E-state index in [2.05, 4.69) is 0 Å². The smallest absolute Gasteiger partial charge is 0.302 e. The topological polar surface area (TPSA) is 46.5 Å². The van der Waals surface area contributed by atoms with Gasteiger partial charge in [-0.05, 0) is 25.0 Å². The van der Waals surface area contributed by atoms with Crippen molar-refractivity contribution in [3.63, 3.8) is 0 Å². The van der Waals surface area contributed by atoms with Crippen molar-refractivity contribution >= 4 is 12.0 Å². The van der Waals surface area contributed by atoms with Crippen molar-refractivity contribution in [2.45, 2.75) is 39.4 Å². The first-order valence-corrected chi connectivity index (χ1v) is 6.07. The molecular weight excluding hydrogens is 228 g/mol. The van der Waals surface area contributed by atoms with Crippen molar-refractivity contribution in [1.82, 2.24) is 0 Å². The van der Waals surface area contributed by atoms with Gasteiger partial charge in [-0.3, -0.25) is 4.79 Å². The van der Waals surface area contributed by atoms with Gasteiger partial charge in [0.1, 0.15) is 6.10 Å². The van der Waals surface area contributed by atoms with E-state index in [0.717, 1.165) is 11.1 Å². The molecule has 0 aliphatic rings. The molecule has 0 spiro atoms. The predicted molar refractivity (Wildman–Crippen MR) is 71.9 cm³/mol. The molecule has 1 N–H and O–H groups in total. The Morgan fingerprint density at radius 2 is 1.94 bits per heavy atom. The summed E-state index contributed by atoms with van der Waals surface area (Å²) < 4.78 is 5.00. The summed E-state index contributed by atoms with van der Waals surface area (Å²) in [6.07, 6.45) is 1.47. The zero-order valence-electron chi connectivity index (χ0n) is 11.1. The van der Waals surface area contributed by atoms with Gasteiger partial charge in [0.15, 0.2) is 0 Å². The summed E-state index contributed by atoms with van der Waals surface area (Å²) in [6, 6.07) is 9.81. The van der Waals surface area contributed by atoms with E-state index in [-0.39, 0.29) is 12.1 Å². The van der Waals surface area contributed by atoms with E-state index in [0.29, 0.717) is 6.42 Å². The number of hydrogen-bond donors (Lipinski definition) is 1. The second-order valence-electron chi connectivity index (χ2n) is 4.47. The third kappa shape index (κ3) is 5.15. The molecule has 0 aliphatic carbocycles. The minimum Gasteiger partial charge on any atom is -0.463 e. The van der Waals surface area contributed by atoms with E-state index >= 15 is 0 Å². The molecule has 0 unspecified atom stereocenters. The van der Waals surface area contributed by atoms with Gasteiger partial charge in [-0.1, -0.05) is 36.4 Å². The SMILES string of the molecule is CC(=O)O[C@H](C)C[C@H](O)/C(C)=C/c1ccccc1. The second-order valence-corrected chi connectivity index (χ2v) is 4.47. The molecule has 0 fully saturated rings. The quantitative estimate of drug-likeness (QED) is 0.815. The maximum Gasteiger partial charge on any atom is 0.302 e. The lowest BCUT2D eigenvalue weighted by molar-refractivity contribution is -0.146. The third-order valence-electron chi connectivity index (χ3n) is 2.64. The number of esters is 1. The summed E-state index contributed by atoms with van der Waals surface area (Å²) >= 11 is 0. The average Bonchev–Trinajstić information content (AvgIpc) is 2.28. The summed E-state index contributed by atoms with van der Waals surface area (Å²) in [7, 11) is 0. The van der Waals surface area contributed by atoms with Crippen molar-refractivity contribution in [3.05, 3.63) is 41.5 Å². The van der Waals surface area contributed by atoms with Crippen molar-refractivity contribution in [2.24, 2.45) is 0 Å². The van der Waals surface area contributed by atoms with Crippen LogP contribution in [0.25, 0.3) is 6.08 Å². The molecule has 0 amide bonds. The number of aliphatic hydroxyl groups excluding tert-OH is 1. The molecule has 0 heterocycles. The van der Waals surface area contributed by atoms with E-state index in [9.17, 15) is 9.90 Å². The average molecular weight is 248 g/mol. The molecule has 0 bridgehead atoms. The van der Waals surface area contributed by atoms with Crippen LogP contribution in [0.4, 0.5) is 0 Å². The van der Waals surface area contributed by atoms with Crippen LogP contribution >= 0.6 is 0 Å². The van der Waals surface area contributed by atoms with E-state index in [1.165, 1.54) is 6.92 Å². The van der Waals surface area contributed by atoms with Crippen LogP contribution in [0.3, 0.4) is 0 Å². The van der Waals surface area contributed by atoms with Crippen LogP contribution < -0.4 is 0 Å². The first-order valence-electron chi connectivity index (χ1n) is 6.07. The summed E-state index contributed by atoms with van der Waals surface area (Å²) in [4.78, 5) is 10.8. The van der Waals surface area contributed by atoms with Gasteiger partial charge in [-0.2, -0.15) is 0 Å². The number of carbonyl (C=O) groups is 1. The number of hydrogen-bond acceptors (Lipinski definition) is 3. The van der Waals surface area contributed by atoms with E-state index in [1.807, 2.05) is 43.3 Å². The van der Waals surface area contributed by atoms with E-state index in [4.69, 9.17) is 4.74 Å². The lowest BCUT2D eigenvalue weighted by Crippen LogP contribution is -2.20. The number of benzene rings is 1. The Hall–Kier alpha value is -1.61. The first kappa shape index (κ1) is 14.5. The van der Waals surface area contributed by atoms with Crippen molar-refractivity contribution in [1.29, 1.82) is 0 Å². The van der Waals surface area contributed by atoms with Gasteiger partial charge in [0.25, 0.3) is 0 Å². The lowest BCUT2D eigenvalue weighted by Gasteiger charge is -2.17. The van der Waals surface area contributed by atoms with Crippen molar-refractivity contribution in [3.8, 4) is 0 Å². The van der Waals surface area contributed by atoms with Gasteiger partial charge in [0, 0.05) is 13.3 Å². The molecule has 3 nitrogen and oxygen atoms in total. The monoisotopic (exact) mass is 248 g/mol. The van der Waals surface area contributed by atoms with Crippen LogP contribution in [-0.2, 0) is 9.53 Å². The second kappa shape index (κ2) is 6.97. The Morgan fingerprint density at radius 3 is 2.50 bits per heavy atom. The molecule has 1 aromatic carbocycles. The van der Waals surface area contributed by atoms with Gasteiger partial charge < -0.3 is 9.84 Å². The Bertz CT molecular complexity index is 409. The molecule has 0 aromatic heterocycles. The van der Waals surface area contributed by atoms with Crippen LogP contribution in [0.2, 0.25) is 0 Å². The maximum absolute atomic E-state index is 10.8. The molecule has 0 aliphatic heterocycles. The highest BCUT2D eigenvalue weighted by Crippen LogP contribution is 2.14. The fraction of sp³-hybridized carbons (Fsp3) is 0.400. The van der Waals surface area contributed by atoms with Crippen LogP contribution in [0.5, 0.6) is 0 Å². The molecule has 0 saturated heterocycles. The molecular formula is C15H20O3. The largest absolute Gasteiger partial charge is 0.463 e. The Morgan fingerprint density at radius 1 is 1.33 bits per heavy atom. The Balaban J connectivity index is 2.58. The van der Waals surface area contributed by atoms with Crippen LogP contribution in [0, 0.1) is 0 Å². The normalized spacial score (nSPS) is 15.0. The molecule has 1 aromatic rings. The van der Waals surface area contributed by atoms with Crippen molar-refractivity contribution < 1.29 is 14.6 Å². The maximum atomic E-state index is 10.8. The molecule has 0 radical (unpaired) electrons. The molecule has 1 rings (SSSR count). The van der Waals surface area contributed by atoms with Gasteiger partial charge in [0.05, 0.1) is 6.10 Å². The van der Waals surface area contributed by atoms with E-state index in [1.54, 1.807) is 6.92 Å². The van der Waals surface area contributed by atoms with Crippen LogP contribution in [-0.4, -0.2) is 23.3 Å². The number of ether oxygens (including phenoxy) is 1. The lowest BCUT2D eigenvalue weighted by atomic mass is 10.0. The molecule has 98 valence electrons. The predicted octanol–water partition coefficient (Wildman–Crippen LogP) is 2.79. The summed E-state index contributed by atoms with van der Waals surface area (Å²) in [5.74, 6) is -0.320. The van der Waals surface area contributed by atoms with Gasteiger partial charge in [-0.15, -0.1) is 0 Å². The van der Waals surface area contributed by atoms with E-state index < -0.39 is 6.10 Å². The zero-order valence-corrected chi connectivity index (χ0v) is 11.1. The number of aliphatic hydroxyl groups is 1. The Kier molecular flexibility index (Phi) is 5.59. The fourth-order valence-electron chi connectivity index (χ4n) is 1.74. The van der Waals surface area contributed by atoms with Crippen LogP contribution in [0.1, 0.15) is 32.8 Å². The minimum atomic E-state index is -0.598. The van der Waals surface area contributed by atoms with Crippen molar-refractivity contribution in [2.75, 3.05) is 0 Å². The summed E-state index contributed by atoms with van der Waals surface area (Å²) in [6.45, 7) is 5.02.